The van der Waals surface area contributed by atoms with Crippen molar-refractivity contribution in [2.45, 2.75) is 32.5 Å². The molecule has 3 nitrogen and oxygen atoms in total. The summed E-state index contributed by atoms with van der Waals surface area (Å²) in [7, 11) is 0. The molecular weight excluding hydrogens is 272 g/mol. The van der Waals surface area contributed by atoms with Crippen molar-refractivity contribution in [3.8, 4) is 0 Å². The van der Waals surface area contributed by atoms with Crippen molar-refractivity contribution in [1.29, 1.82) is 0 Å². The molecule has 0 heterocycles. The number of hydrogen-bond donors (Lipinski definition) is 1. The van der Waals surface area contributed by atoms with Crippen molar-refractivity contribution >= 4 is 21.5 Å². The molecule has 3 rings (SSSR count). The van der Waals surface area contributed by atoms with Gasteiger partial charge in [0.25, 0.3) is 0 Å². The number of azo groups is 1. The molecule has 0 bridgehead atoms. The van der Waals surface area contributed by atoms with Gasteiger partial charge < -0.3 is 5.11 Å². The Balaban J connectivity index is 2.37. The van der Waals surface area contributed by atoms with Crippen LogP contribution in [0.3, 0.4) is 0 Å². The van der Waals surface area contributed by atoms with Crippen LogP contribution in [0.1, 0.15) is 26.3 Å². The molecule has 1 unspecified atom stereocenters. The lowest BCUT2D eigenvalue weighted by Gasteiger charge is -2.22. The van der Waals surface area contributed by atoms with Gasteiger partial charge in [0.15, 0.2) is 0 Å². The van der Waals surface area contributed by atoms with E-state index >= 15 is 0 Å². The Bertz CT molecular complexity index is 796. The second-order valence-corrected chi connectivity index (χ2v) is 6.02. The van der Waals surface area contributed by atoms with E-state index in [1.54, 1.807) is 6.92 Å². The van der Waals surface area contributed by atoms with Crippen LogP contribution in [0, 0.1) is 0 Å². The minimum absolute atomic E-state index is 0.0488. The maximum atomic E-state index is 11.0. The molecule has 3 heteroatoms. The van der Waals surface area contributed by atoms with E-state index in [9.17, 15) is 5.11 Å². The van der Waals surface area contributed by atoms with Gasteiger partial charge in [-0.05, 0) is 48.4 Å². The van der Waals surface area contributed by atoms with Gasteiger partial charge in [-0.1, -0.05) is 48.5 Å². The Morgan fingerprint density at radius 2 is 1.41 bits per heavy atom. The molecule has 0 spiro atoms. The fourth-order valence-electron chi connectivity index (χ4n) is 2.80. The van der Waals surface area contributed by atoms with Crippen molar-refractivity contribution in [2.24, 2.45) is 10.2 Å². The van der Waals surface area contributed by atoms with Crippen LogP contribution in [0.4, 0.5) is 0 Å². The van der Waals surface area contributed by atoms with Crippen molar-refractivity contribution in [3.05, 3.63) is 60.2 Å². The molecule has 0 saturated heterocycles. The van der Waals surface area contributed by atoms with Gasteiger partial charge in [-0.25, -0.2) is 0 Å². The molecule has 0 saturated carbocycles. The molecule has 0 aliphatic carbocycles. The van der Waals surface area contributed by atoms with Gasteiger partial charge in [0, 0.05) is 5.56 Å². The van der Waals surface area contributed by atoms with E-state index in [0.29, 0.717) is 0 Å². The Morgan fingerprint density at radius 3 is 1.91 bits per heavy atom. The molecular formula is C19H20N2O. The van der Waals surface area contributed by atoms with E-state index < -0.39 is 5.72 Å². The van der Waals surface area contributed by atoms with Gasteiger partial charge in [-0.15, -0.1) is 0 Å². The van der Waals surface area contributed by atoms with E-state index in [2.05, 4.69) is 28.4 Å². The summed E-state index contributed by atoms with van der Waals surface area (Å²) in [6.07, 6.45) is 0. The summed E-state index contributed by atoms with van der Waals surface area (Å²) in [5.74, 6) is 0. The highest BCUT2D eigenvalue weighted by atomic mass is 16.3. The van der Waals surface area contributed by atoms with Crippen LogP contribution in [0.5, 0.6) is 0 Å². The van der Waals surface area contributed by atoms with Crippen LogP contribution in [-0.2, 0) is 5.72 Å². The van der Waals surface area contributed by atoms with Gasteiger partial charge >= 0.3 is 0 Å². The molecule has 0 aromatic heterocycles. The average molecular weight is 292 g/mol. The van der Waals surface area contributed by atoms with Crippen LogP contribution >= 0.6 is 0 Å². The quantitative estimate of drug-likeness (QED) is 0.534. The van der Waals surface area contributed by atoms with Crippen molar-refractivity contribution < 1.29 is 5.11 Å². The standard InChI is InChI=1S/C19H20N2O/c1-13(2)20-21-19(3,22)18-16-10-6-4-8-14(16)12-15-9-5-7-11-17(15)18/h4-13,22H,1-3H3. The van der Waals surface area contributed by atoms with E-state index in [4.69, 9.17) is 0 Å². The third-order valence-corrected chi connectivity index (χ3v) is 3.73. The first-order chi connectivity index (χ1) is 10.5. The monoisotopic (exact) mass is 292 g/mol. The van der Waals surface area contributed by atoms with Gasteiger partial charge in [0.1, 0.15) is 0 Å². The molecule has 0 radical (unpaired) electrons. The van der Waals surface area contributed by atoms with Crippen molar-refractivity contribution in [1.82, 2.24) is 0 Å². The van der Waals surface area contributed by atoms with Crippen LogP contribution in [0.2, 0.25) is 0 Å². The largest absolute Gasteiger partial charge is 0.364 e. The molecule has 1 N–H and O–H groups in total. The molecule has 3 aromatic carbocycles. The van der Waals surface area contributed by atoms with Gasteiger partial charge in [0.05, 0.1) is 6.04 Å². The normalized spacial score (nSPS) is 15.0. The summed E-state index contributed by atoms with van der Waals surface area (Å²) >= 11 is 0. The Labute approximate surface area is 130 Å². The average Bonchev–Trinajstić information content (AvgIpc) is 2.50. The third-order valence-electron chi connectivity index (χ3n) is 3.73. The zero-order valence-electron chi connectivity index (χ0n) is 13.1. The van der Waals surface area contributed by atoms with Gasteiger partial charge in [-0.2, -0.15) is 10.2 Å². The van der Waals surface area contributed by atoms with Crippen LogP contribution in [0.25, 0.3) is 21.5 Å². The summed E-state index contributed by atoms with van der Waals surface area (Å²) < 4.78 is 0. The van der Waals surface area contributed by atoms with Crippen LogP contribution in [0.15, 0.2) is 64.8 Å². The molecule has 0 fully saturated rings. The minimum atomic E-state index is -1.36. The Morgan fingerprint density at radius 1 is 0.909 bits per heavy atom. The second kappa shape index (κ2) is 5.50. The third kappa shape index (κ3) is 2.60. The number of rotatable bonds is 3. The first-order valence-corrected chi connectivity index (χ1v) is 7.54. The van der Waals surface area contributed by atoms with Crippen LogP contribution in [-0.4, -0.2) is 11.1 Å². The number of nitrogens with zero attached hydrogens (tertiary/aromatic N) is 2. The second-order valence-electron chi connectivity index (χ2n) is 6.02. The minimum Gasteiger partial charge on any atom is -0.364 e. The topological polar surface area (TPSA) is 45.0 Å². The molecule has 0 amide bonds. The zero-order chi connectivity index (χ0) is 15.7. The lowest BCUT2D eigenvalue weighted by Crippen LogP contribution is -2.19. The number of aliphatic hydroxyl groups is 1. The highest BCUT2D eigenvalue weighted by molar-refractivity contribution is 6.02. The van der Waals surface area contributed by atoms with E-state index in [0.717, 1.165) is 27.1 Å². The Hall–Kier alpha value is -2.26. The number of benzene rings is 3. The molecule has 112 valence electrons. The van der Waals surface area contributed by atoms with E-state index in [1.165, 1.54) is 0 Å². The summed E-state index contributed by atoms with van der Waals surface area (Å²) in [4.78, 5) is 0. The predicted octanol–water partition coefficient (Wildman–Crippen LogP) is 5.02. The fourth-order valence-corrected chi connectivity index (χ4v) is 2.80. The highest BCUT2D eigenvalue weighted by Crippen LogP contribution is 2.36. The van der Waals surface area contributed by atoms with Gasteiger partial charge in [-0.3, -0.25) is 0 Å². The van der Waals surface area contributed by atoms with Crippen molar-refractivity contribution in [2.75, 3.05) is 0 Å². The zero-order valence-corrected chi connectivity index (χ0v) is 13.1. The van der Waals surface area contributed by atoms with Gasteiger partial charge in [0.2, 0.25) is 5.72 Å². The summed E-state index contributed by atoms with van der Waals surface area (Å²) in [6, 6.07) is 18.3. The maximum absolute atomic E-state index is 11.0. The first-order valence-electron chi connectivity index (χ1n) is 7.54. The van der Waals surface area contributed by atoms with Crippen LogP contribution < -0.4 is 0 Å². The Kier molecular flexibility index (Phi) is 3.67. The highest BCUT2D eigenvalue weighted by Gasteiger charge is 2.27. The fraction of sp³-hybridized carbons (Fsp3) is 0.263. The smallest absolute Gasteiger partial charge is 0.200 e. The number of hydrogen-bond acceptors (Lipinski definition) is 3. The molecule has 22 heavy (non-hydrogen) atoms. The van der Waals surface area contributed by atoms with E-state index in [-0.39, 0.29) is 6.04 Å². The maximum Gasteiger partial charge on any atom is 0.200 e. The summed E-state index contributed by atoms with van der Waals surface area (Å²) in [5.41, 5.74) is -0.546. The summed E-state index contributed by atoms with van der Waals surface area (Å²) in [6.45, 7) is 5.59. The van der Waals surface area contributed by atoms with E-state index in [1.807, 2.05) is 50.2 Å². The van der Waals surface area contributed by atoms with Crippen molar-refractivity contribution in [3.63, 3.8) is 0 Å². The first kappa shape index (κ1) is 14.7. The molecule has 0 aliphatic rings. The SMILES string of the molecule is CC(C)N=NC(C)(O)c1c2ccccc2cc2ccccc12. The lowest BCUT2D eigenvalue weighted by atomic mass is 9.91. The predicted molar refractivity (Wildman–Crippen MR) is 91.0 cm³/mol. The summed E-state index contributed by atoms with van der Waals surface area (Å²) in [5, 5.41) is 23.5. The molecule has 1 atom stereocenters. The lowest BCUT2D eigenvalue weighted by molar-refractivity contribution is 0.0605. The molecule has 3 aromatic rings. The number of fused-ring (bicyclic) bond motifs is 2. The molecule has 0 aliphatic heterocycles.